The first kappa shape index (κ1) is 12.0. The van der Waals surface area contributed by atoms with Crippen LogP contribution in [-0.2, 0) is 6.42 Å². The van der Waals surface area contributed by atoms with Gasteiger partial charge in [0.25, 0.3) is 0 Å². The molecule has 1 aromatic carbocycles. The van der Waals surface area contributed by atoms with Crippen molar-refractivity contribution < 1.29 is 4.39 Å². The van der Waals surface area contributed by atoms with E-state index in [9.17, 15) is 4.39 Å². The van der Waals surface area contributed by atoms with Crippen LogP contribution >= 0.6 is 0 Å². The fraction of sp³-hybridized carbons (Fsp3) is 0.500. The number of hydrogen-bond donors (Lipinski definition) is 2. The highest BCUT2D eigenvalue weighted by Gasteiger charge is 2.08. The van der Waals surface area contributed by atoms with Gasteiger partial charge in [0.2, 0.25) is 0 Å². The standard InChI is InChI=1S/C12H19FN2/c1-3-9(2)15-12-6-4-5-11(13)10(12)7-8-14/h4-6,9,15H,3,7-8,14H2,1-2H3. The van der Waals surface area contributed by atoms with Crippen molar-refractivity contribution in [3.63, 3.8) is 0 Å². The van der Waals surface area contributed by atoms with Crippen molar-refractivity contribution in [2.75, 3.05) is 11.9 Å². The van der Waals surface area contributed by atoms with E-state index in [1.165, 1.54) is 6.07 Å². The molecule has 1 rings (SSSR count). The fourth-order valence-electron chi connectivity index (χ4n) is 1.46. The van der Waals surface area contributed by atoms with Crippen LogP contribution in [0.5, 0.6) is 0 Å². The molecule has 0 saturated heterocycles. The van der Waals surface area contributed by atoms with E-state index >= 15 is 0 Å². The van der Waals surface area contributed by atoms with E-state index in [4.69, 9.17) is 5.73 Å². The van der Waals surface area contributed by atoms with Gasteiger partial charge in [-0.1, -0.05) is 13.0 Å². The third kappa shape index (κ3) is 3.20. The number of hydrogen-bond acceptors (Lipinski definition) is 2. The highest BCUT2D eigenvalue weighted by molar-refractivity contribution is 5.52. The summed E-state index contributed by atoms with van der Waals surface area (Å²) >= 11 is 0. The van der Waals surface area contributed by atoms with Crippen molar-refractivity contribution in [1.29, 1.82) is 0 Å². The largest absolute Gasteiger partial charge is 0.382 e. The normalized spacial score (nSPS) is 12.5. The van der Waals surface area contributed by atoms with E-state index in [2.05, 4.69) is 19.2 Å². The third-order valence-electron chi connectivity index (χ3n) is 2.53. The van der Waals surface area contributed by atoms with Gasteiger partial charge in [0, 0.05) is 17.3 Å². The molecule has 0 aliphatic heterocycles. The van der Waals surface area contributed by atoms with Gasteiger partial charge in [0.15, 0.2) is 0 Å². The zero-order valence-corrected chi connectivity index (χ0v) is 9.39. The molecule has 1 unspecified atom stereocenters. The summed E-state index contributed by atoms with van der Waals surface area (Å²) < 4.78 is 13.5. The van der Waals surface area contributed by atoms with Crippen LogP contribution in [0.2, 0.25) is 0 Å². The molecule has 84 valence electrons. The Bertz CT molecular complexity index is 312. The Kier molecular flexibility index (Phi) is 4.56. The maximum atomic E-state index is 13.5. The summed E-state index contributed by atoms with van der Waals surface area (Å²) in [6, 6.07) is 5.45. The van der Waals surface area contributed by atoms with E-state index in [-0.39, 0.29) is 5.82 Å². The van der Waals surface area contributed by atoms with Crippen LogP contribution in [0, 0.1) is 5.82 Å². The zero-order chi connectivity index (χ0) is 11.3. The first-order valence-electron chi connectivity index (χ1n) is 5.43. The van der Waals surface area contributed by atoms with Crippen LogP contribution in [0.25, 0.3) is 0 Å². The molecule has 0 aliphatic rings. The summed E-state index contributed by atoms with van der Waals surface area (Å²) in [4.78, 5) is 0. The summed E-state index contributed by atoms with van der Waals surface area (Å²) in [5, 5.41) is 3.29. The fourth-order valence-corrected chi connectivity index (χ4v) is 1.46. The topological polar surface area (TPSA) is 38.0 Å². The molecule has 0 heterocycles. The van der Waals surface area contributed by atoms with Gasteiger partial charge in [0.05, 0.1) is 0 Å². The van der Waals surface area contributed by atoms with Gasteiger partial charge in [-0.3, -0.25) is 0 Å². The Balaban J connectivity index is 2.89. The van der Waals surface area contributed by atoms with E-state index in [0.29, 0.717) is 24.6 Å². The lowest BCUT2D eigenvalue weighted by Gasteiger charge is -2.16. The van der Waals surface area contributed by atoms with Gasteiger partial charge in [0.1, 0.15) is 5.82 Å². The lowest BCUT2D eigenvalue weighted by atomic mass is 10.1. The molecule has 0 radical (unpaired) electrons. The summed E-state index contributed by atoms with van der Waals surface area (Å²) in [6.07, 6.45) is 1.59. The highest BCUT2D eigenvalue weighted by atomic mass is 19.1. The van der Waals surface area contributed by atoms with Crippen molar-refractivity contribution in [2.24, 2.45) is 5.73 Å². The zero-order valence-electron chi connectivity index (χ0n) is 9.39. The van der Waals surface area contributed by atoms with Gasteiger partial charge >= 0.3 is 0 Å². The number of benzene rings is 1. The number of nitrogens with two attached hydrogens (primary N) is 1. The van der Waals surface area contributed by atoms with Crippen molar-refractivity contribution in [3.8, 4) is 0 Å². The van der Waals surface area contributed by atoms with Crippen molar-refractivity contribution in [1.82, 2.24) is 0 Å². The minimum absolute atomic E-state index is 0.172. The second-order valence-corrected chi connectivity index (χ2v) is 3.76. The molecule has 2 nitrogen and oxygen atoms in total. The molecule has 0 bridgehead atoms. The maximum absolute atomic E-state index is 13.5. The summed E-state index contributed by atoms with van der Waals surface area (Å²) in [6.45, 7) is 4.65. The Hall–Kier alpha value is -1.09. The van der Waals surface area contributed by atoms with Crippen molar-refractivity contribution >= 4 is 5.69 Å². The summed E-state index contributed by atoms with van der Waals surface area (Å²) in [5.74, 6) is -0.172. The van der Waals surface area contributed by atoms with E-state index in [1.54, 1.807) is 6.07 Å². The predicted octanol–water partition coefficient (Wildman–Crippen LogP) is 2.54. The summed E-state index contributed by atoms with van der Waals surface area (Å²) in [5.41, 5.74) is 7.03. The molecule has 15 heavy (non-hydrogen) atoms. The van der Waals surface area contributed by atoms with Crippen molar-refractivity contribution in [3.05, 3.63) is 29.6 Å². The molecule has 1 atom stereocenters. The van der Waals surface area contributed by atoms with Crippen LogP contribution in [0.1, 0.15) is 25.8 Å². The highest BCUT2D eigenvalue weighted by Crippen LogP contribution is 2.20. The van der Waals surface area contributed by atoms with Crippen LogP contribution in [-0.4, -0.2) is 12.6 Å². The molecule has 0 spiro atoms. The molecule has 1 aromatic rings. The lowest BCUT2D eigenvalue weighted by Crippen LogP contribution is -2.16. The van der Waals surface area contributed by atoms with Gasteiger partial charge in [-0.25, -0.2) is 4.39 Å². The second kappa shape index (κ2) is 5.71. The van der Waals surface area contributed by atoms with Gasteiger partial charge < -0.3 is 11.1 Å². The number of halogens is 1. The number of rotatable bonds is 5. The first-order chi connectivity index (χ1) is 7.19. The first-order valence-corrected chi connectivity index (χ1v) is 5.43. The molecular weight excluding hydrogens is 191 g/mol. The van der Waals surface area contributed by atoms with Gasteiger partial charge in [-0.05, 0) is 38.4 Å². The molecule has 0 amide bonds. The molecule has 0 aliphatic carbocycles. The lowest BCUT2D eigenvalue weighted by molar-refractivity contribution is 0.609. The van der Waals surface area contributed by atoms with E-state index in [0.717, 1.165) is 12.1 Å². The Morgan fingerprint density at radius 1 is 1.47 bits per heavy atom. The van der Waals surface area contributed by atoms with Crippen LogP contribution < -0.4 is 11.1 Å². The maximum Gasteiger partial charge on any atom is 0.128 e. The molecular formula is C12H19FN2. The second-order valence-electron chi connectivity index (χ2n) is 3.76. The number of anilines is 1. The minimum atomic E-state index is -0.172. The van der Waals surface area contributed by atoms with E-state index in [1.807, 2.05) is 6.07 Å². The third-order valence-corrected chi connectivity index (χ3v) is 2.53. The van der Waals surface area contributed by atoms with Crippen LogP contribution in [0.4, 0.5) is 10.1 Å². The predicted molar refractivity (Wildman–Crippen MR) is 62.5 cm³/mol. The Labute approximate surface area is 90.7 Å². The smallest absolute Gasteiger partial charge is 0.128 e. The van der Waals surface area contributed by atoms with Crippen molar-refractivity contribution in [2.45, 2.75) is 32.7 Å². The minimum Gasteiger partial charge on any atom is -0.382 e. The monoisotopic (exact) mass is 210 g/mol. The van der Waals surface area contributed by atoms with E-state index < -0.39 is 0 Å². The Morgan fingerprint density at radius 3 is 2.80 bits per heavy atom. The molecule has 3 N–H and O–H groups in total. The molecule has 0 saturated carbocycles. The van der Waals surface area contributed by atoms with Gasteiger partial charge in [-0.2, -0.15) is 0 Å². The van der Waals surface area contributed by atoms with Crippen LogP contribution in [0.3, 0.4) is 0 Å². The molecule has 0 fully saturated rings. The quantitative estimate of drug-likeness (QED) is 0.783. The Morgan fingerprint density at radius 2 is 2.20 bits per heavy atom. The SMILES string of the molecule is CCC(C)Nc1cccc(F)c1CCN. The average molecular weight is 210 g/mol. The van der Waals surface area contributed by atoms with Gasteiger partial charge in [-0.15, -0.1) is 0 Å². The average Bonchev–Trinajstić information content (AvgIpc) is 2.23. The summed E-state index contributed by atoms with van der Waals surface area (Å²) in [7, 11) is 0. The molecule has 0 aromatic heterocycles. The molecule has 3 heteroatoms. The number of nitrogens with one attached hydrogen (secondary N) is 1. The van der Waals surface area contributed by atoms with Crippen LogP contribution in [0.15, 0.2) is 18.2 Å².